The van der Waals surface area contributed by atoms with E-state index in [0.29, 0.717) is 18.4 Å². The van der Waals surface area contributed by atoms with Crippen LogP contribution in [0.3, 0.4) is 0 Å². The van der Waals surface area contributed by atoms with Crippen LogP contribution in [0.25, 0.3) is 11.1 Å². The van der Waals surface area contributed by atoms with Gasteiger partial charge in [0.1, 0.15) is 0 Å². The van der Waals surface area contributed by atoms with E-state index in [1.54, 1.807) is 12.1 Å². The fraction of sp³-hybridized carbons (Fsp3) is 0.222. The van der Waals surface area contributed by atoms with Crippen LogP contribution in [0.1, 0.15) is 23.1 Å². The highest BCUT2D eigenvalue weighted by Crippen LogP contribution is 2.30. The molecule has 1 aliphatic rings. The Hall–Kier alpha value is -2.15. The first-order chi connectivity index (χ1) is 10.2. The number of aryl methyl sites for hydroxylation is 1. The molecular weight excluding hydrogens is 296 g/mol. The maximum Gasteiger partial charge on any atom is 0.153 e. The van der Waals surface area contributed by atoms with Gasteiger partial charge in [-0.25, -0.2) is 0 Å². The molecule has 0 heterocycles. The van der Waals surface area contributed by atoms with Crippen molar-refractivity contribution in [2.75, 3.05) is 0 Å². The van der Waals surface area contributed by atoms with Gasteiger partial charge in [-0.2, -0.15) is 5.26 Å². The fourth-order valence-corrected chi connectivity index (χ4v) is 2.85. The molecule has 3 rings (SSSR count). The summed E-state index contributed by atoms with van der Waals surface area (Å²) < 4.78 is 0. The van der Waals surface area contributed by atoms with Gasteiger partial charge in [0.15, 0.2) is 5.78 Å². The minimum absolute atomic E-state index is 0. The van der Waals surface area contributed by atoms with Gasteiger partial charge in [-0.3, -0.25) is 4.79 Å². The van der Waals surface area contributed by atoms with E-state index in [4.69, 9.17) is 11.0 Å². The predicted octanol–water partition coefficient (Wildman–Crippen LogP) is 3.03. The highest BCUT2D eigenvalue weighted by molar-refractivity contribution is 5.89. The zero-order valence-corrected chi connectivity index (χ0v) is 12.9. The number of carbonyl (C=O) groups is 1. The number of nitrogens with zero attached hydrogens (tertiary/aromatic N) is 1. The lowest BCUT2D eigenvalue weighted by atomic mass is 9.92. The molecule has 2 N–H and O–H groups in total. The van der Waals surface area contributed by atoms with Gasteiger partial charge in [0.25, 0.3) is 0 Å². The Kier molecular flexibility index (Phi) is 4.97. The van der Waals surface area contributed by atoms with E-state index in [1.807, 2.05) is 24.3 Å². The van der Waals surface area contributed by atoms with E-state index in [2.05, 4.69) is 12.1 Å². The SMILES string of the molecule is Cl.N#Cc1ccc(-c2cccc3c2CC(=O)C(N)CC3)cc1. The van der Waals surface area contributed by atoms with Crippen LogP contribution in [0.5, 0.6) is 0 Å². The van der Waals surface area contributed by atoms with Crippen LogP contribution in [-0.2, 0) is 17.6 Å². The van der Waals surface area contributed by atoms with E-state index in [1.165, 1.54) is 5.56 Å². The monoisotopic (exact) mass is 312 g/mol. The Morgan fingerprint density at radius 2 is 1.86 bits per heavy atom. The summed E-state index contributed by atoms with van der Waals surface area (Å²) in [4.78, 5) is 12.1. The molecule has 0 fully saturated rings. The molecule has 3 nitrogen and oxygen atoms in total. The average molecular weight is 313 g/mol. The highest BCUT2D eigenvalue weighted by Gasteiger charge is 2.22. The molecule has 4 heteroatoms. The molecule has 0 amide bonds. The highest BCUT2D eigenvalue weighted by atomic mass is 35.5. The van der Waals surface area contributed by atoms with Crippen LogP contribution in [0.15, 0.2) is 42.5 Å². The largest absolute Gasteiger partial charge is 0.321 e. The average Bonchev–Trinajstić information content (AvgIpc) is 2.67. The summed E-state index contributed by atoms with van der Waals surface area (Å²) in [5, 5.41) is 8.88. The van der Waals surface area contributed by atoms with Crippen molar-refractivity contribution in [3.05, 3.63) is 59.2 Å². The summed E-state index contributed by atoms with van der Waals surface area (Å²) >= 11 is 0. The first kappa shape index (κ1) is 16.2. The van der Waals surface area contributed by atoms with Gasteiger partial charge in [0.2, 0.25) is 0 Å². The number of nitriles is 1. The summed E-state index contributed by atoms with van der Waals surface area (Å²) in [6, 6.07) is 15.4. The summed E-state index contributed by atoms with van der Waals surface area (Å²) in [6.45, 7) is 0. The number of hydrogen-bond acceptors (Lipinski definition) is 3. The van der Waals surface area contributed by atoms with Crippen molar-refractivity contribution in [2.24, 2.45) is 5.73 Å². The Balaban J connectivity index is 0.00000176. The van der Waals surface area contributed by atoms with Crippen LogP contribution in [0, 0.1) is 11.3 Å². The molecule has 2 aromatic rings. The number of halogens is 1. The Bertz CT molecular complexity index is 732. The molecule has 2 aromatic carbocycles. The normalized spacial score (nSPS) is 16.9. The lowest BCUT2D eigenvalue weighted by Gasteiger charge is -2.12. The molecule has 1 unspecified atom stereocenters. The van der Waals surface area contributed by atoms with Gasteiger partial charge >= 0.3 is 0 Å². The number of nitrogens with two attached hydrogens (primary N) is 1. The number of fused-ring (bicyclic) bond motifs is 1. The van der Waals surface area contributed by atoms with Gasteiger partial charge in [-0.15, -0.1) is 12.4 Å². The molecule has 0 saturated heterocycles. The van der Waals surface area contributed by atoms with Crippen molar-refractivity contribution in [1.82, 2.24) is 0 Å². The van der Waals surface area contributed by atoms with E-state index >= 15 is 0 Å². The van der Waals surface area contributed by atoms with E-state index in [0.717, 1.165) is 23.1 Å². The van der Waals surface area contributed by atoms with Crippen LogP contribution >= 0.6 is 12.4 Å². The molecule has 112 valence electrons. The third kappa shape index (κ3) is 3.04. The standard InChI is InChI=1S/C18H16N2O.ClH/c19-11-12-4-6-14(7-5-12)15-3-1-2-13-8-9-17(20)18(21)10-16(13)15;/h1-7,17H,8-10,20H2;1H. The molecule has 0 spiro atoms. The van der Waals surface area contributed by atoms with Crippen LogP contribution < -0.4 is 5.73 Å². The number of Topliss-reactive ketones (excluding diaryl/α,β-unsaturated/α-hetero) is 1. The second kappa shape index (κ2) is 6.74. The minimum Gasteiger partial charge on any atom is -0.321 e. The lowest BCUT2D eigenvalue weighted by Crippen LogP contribution is -2.30. The van der Waals surface area contributed by atoms with Gasteiger partial charge in [0.05, 0.1) is 17.7 Å². The van der Waals surface area contributed by atoms with E-state index < -0.39 is 0 Å². The first-order valence-electron chi connectivity index (χ1n) is 7.08. The van der Waals surface area contributed by atoms with Crippen molar-refractivity contribution in [2.45, 2.75) is 25.3 Å². The van der Waals surface area contributed by atoms with Crippen molar-refractivity contribution >= 4 is 18.2 Å². The summed E-state index contributed by atoms with van der Waals surface area (Å²) in [7, 11) is 0. The molecule has 0 radical (unpaired) electrons. The Morgan fingerprint density at radius 1 is 1.14 bits per heavy atom. The van der Waals surface area contributed by atoms with Crippen molar-refractivity contribution in [3.8, 4) is 17.2 Å². The van der Waals surface area contributed by atoms with Gasteiger partial charge in [0, 0.05) is 6.42 Å². The molecule has 0 aliphatic heterocycles. The van der Waals surface area contributed by atoms with Gasteiger partial charge in [-0.1, -0.05) is 30.3 Å². The Labute approximate surface area is 136 Å². The molecular formula is C18H17ClN2O. The Morgan fingerprint density at radius 3 is 2.55 bits per heavy atom. The number of ketones is 1. The van der Waals surface area contributed by atoms with Crippen LogP contribution in [0.4, 0.5) is 0 Å². The summed E-state index contributed by atoms with van der Waals surface area (Å²) in [5.74, 6) is 0.106. The van der Waals surface area contributed by atoms with Crippen LogP contribution in [-0.4, -0.2) is 11.8 Å². The second-order valence-corrected chi connectivity index (χ2v) is 5.42. The zero-order chi connectivity index (χ0) is 14.8. The van der Waals surface area contributed by atoms with Crippen molar-refractivity contribution in [3.63, 3.8) is 0 Å². The van der Waals surface area contributed by atoms with Gasteiger partial charge < -0.3 is 5.73 Å². The summed E-state index contributed by atoms with van der Waals surface area (Å²) in [5.41, 5.74) is 10.9. The number of benzene rings is 2. The van der Waals surface area contributed by atoms with E-state index in [-0.39, 0.29) is 24.2 Å². The third-order valence-electron chi connectivity index (χ3n) is 4.09. The smallest absolute Gasteiger partial charge is 0.153 e. The number of hydrogen-bond donors (Lipinski definition) is 1. The van der Waals surface area contributed by atoms with Crippen LogP contribution in [0.2, 0.25) is 0 Å². The van der Waals surface area contributed by atoms with Crippen molar-refractivity contribution in [1.29, 1.82) is 5.26 Å². The molecule has 22 heavy (non-hydrogen) atoms. The summed E-state index contributed by atoms with van der Waals surface area (Å²) in [6.07, 6.45) is 1.95. The topological polar surface area (TPSA) is 66.9 Å². The quantitative estimate of drug-likeness (QED) is 0.823. The zero-order valence-electron chi connectivity index (χ0n) is 12.1. The van der Waals surface area contributed by atoms with E-state index in [9.17, 15) is 4.79 Å². The first-order valence-corrected chi connectivity index (χ1v) is 7.08. The third-order valence-corrected chi connectivity index (χ3v) is 4.09. The predicted molar refractivity (Wildman–Crippen MR) is 88.8 cm³/mol. The lowest BCUT2D eigenvalue weighted by molar-refractivity contribution is -0.119. The maximum atomic E-state index is 12.1. The minimum atomic E-state index is -0.355. The molecule has 1 atom stereocenters. The van der Waals surface area contributed by atoms with Crippen molar-refractivity contribution < 1.29 is 4.79 Å². The second-order valence-electron chi connectivity index (χ2n) is 5.42. The molecule has 1 aliphatic carbocycles. The fourth-order valence-electron chi connectivity index (χ4n) is 2.85. The molecule has 0 aromatic heterocycles. The number of carbonyl (C=O) groups excluding carboxylic acids is 1. The number of rotatable bonds is 1. The maximum absolute atomic E-state index is 12.1. The van der Waals surface area contributed by atoms with Gasteiger partial charge in [-0.05, 0) is 47.2 Å². The molecule has 0 bridgehead atoms. The molecule has 0 saturated carbocycles.